The first-order chi connectivity index (χ1) is 15.5. The van der Waals surface area contributed by atoms with Crippen molar-refractivity contribution in [3.63, 3.8) is 0 Å². The number of hydrogen-bond acceptors (Lipinski definition) is 5. The Morgan fingerprint density at radius 3 is 2.55 bits per heavy atom. The number of amides is 2. The number of carbonyl (C=O) groups excluding carboxylic acids is 2. The molecule has 2 amide bonds. The standard InChI is InChI=1S/C25H35N5O3/c1-9-11-19(29-24(32)33-25(5,6)7)20-14-17(12-13-26-20)22-21(15-27-30(22)8)28-23(31)18(10-2)16(3)4/h9-10,12-16,18-19H,1-2,11H2,3-8H3,(H,28,31)(H,29,32)/t18-,19+/m1/s1. The van der Waals surface area contributed by atoms with Crippen LogP contribution in [0.4, 0.5) is 10.5 Å². The van der Waals surface area contributed by atoms with Gasteiger partial charge in [0.15, 0.2) is 0 Å². The summed E-state index contributed by atoms with van der Waals surface area (Å²) in [6.07, 6.45) is 6.60. The second kappa shape index (κ2) is 10.9. The molecular weight excluding hydrogens is 418 g/mol. The summed E-state index contributed by atoms with van der Waals surface area (Å²) in [4.78, 5) is 29.6. The molecule has 0 aliphatic carbocycles. The van der Waals surface area contributed by atoms with Crippen molar-refractivity contribution < 1.29 is 14.3 Å². The minimum absolute atomic E-state index is 0.119. The van der Waals surface area contributed by atoms with Gasteiger partial charge in [-0.25, -0.2) is 4.79 Å². The minimum Gasteiger partial charge on any atom is -0.444 e. The molecule has 0 fully saturated rings. The molecule has 2 N–H and O–H groups in total. The average Bonchev–Trinajstić information content (AvgIpc) is 3.06. The normalized spacial score (nSPS) is 13.2. The van der Waals surface area contributed by atoms with Gasteiger partial charge in [0.25, 0.3) is 0 Å². The molecule has 0 unspecified atom stereocenters. The molecule has 0 spiro atoms. The molecule has 0 aliphatic heterocycles. The molecule has 0 aliphatic rings. The number of aryl methyl sites for hydroxylation is 1. The van der Waals surface area contributed by atoms with Gasteiger partial charge in [0.2, 0.25) is 5.91 Å². The smallest absolute Gasteiger partial charge is 0.408 e. The van der Waals surface area contributed by atoms with Crippen LogP contribution in [-0.2, 0) is 16.6 Å². The Labute approximate surface area is 196 Å². The third-order valence-corrected chi connectivity index (χ3v) is 4.98. The minimum atomic E-state index is -0.612. The average molecular weight is 454 g/mol. The van der Waals surface area contributed by atoms with Crippen molar-refractivity contribution in [2.75, 3.05) is 5.32 Å². The van der Waals surface area contributed by atoms with Crippen LogP contribution >= 0.6 is 0 Å². The van der Waals surface area contributed by atoms with Gasteiger partial charge in [0.05, 0.1) is 35.2 Å². The number of hydrogen-bond donors (Lipinski definition) is 2. The van der Waals surface area contributed by atoms with Crippen LogP contribution in [0.15, 0.2) is 49.8 Å². The first-order valence-electron chi connectivity index (χ1n) is 11.0. The Hall–Kier alpha value is -3.42. The summed E-state index contributed by atoms with van der Waals surface area (Å²) in [7, 11) is 1.80. The van der Waals surface area contributed by atoms with E-state index in [1.807, 2.05) is 46.8 Å². The number of nitrogens with one attached hydrogen (secondary N) is 2. The summed E-state index contributed by atoms with van der Waals surface area (Å²) < 4.78 is 7.08. The molecule has 2 aromatic heterocycles. The lowest BCUT2D eigenvalue weighted by atomic mass is 9.95. The predicted octanol–water partition coefficient (Wildman–Crippen LogP) is 5.02. The molecule has 0 aromatic carbocycles. The Balaban J connectivity index is 2.35. The van der Waals surface area contributed by atoms with E-state index in [9.17, 15) is 9.59 Å². The fourth-order valence-electron chi connectivity index (χ4n) is 3.43. The maximum atomic E-state index is 12.8. The van der Waals surface area contributed by atoms with Crippen molar-refractivity contribution in [1.82, 2.24) is 20.1 Å². The van der Waals surface area contributed by atoms with Gasteiger partial charge in [-0.2, -0.15) is 5.10 Å². The number of anilines is 1. The second-order valence-corrected chi connectivity index (χ2v) is 9.22. The quantitative estimate of drug-likeness (QED) is 0.520. The second-order valence-electron chi connectivity index (χ2n) is 9.22. The maximum Gasteiger partial charge on any atom is 0.408 e. The molecule has 0 radical (unpaired) electrons. The monoisotopic (exact) mass is 453 g/mol. The van der Waals surface area contributed by atoms with Crippen LogP contribution in [0.1, 0.15) is 52.8 Å². The molecule has 33 heavy (non-hydrogen) atoms. The maximum absolute atomic E-state index is 12.8. The number of aromatic nitrogens is 3. The SMILES string of the molecule is C=CC[C@H](NC(=O)OC(C)(C)C)c1cc(-c2c(NC(=O)[C@H](C=C)C(C)C)cnn2C)ccn1. The molecule has 178 valence electrons. The van der Waals surface area contributed by atoms with E-state index in [2.05, 4.69) is 33.9 Å². The molecule has 2 heterocycles. The van der Waals surface area contributed by atoms with E-state index in [-0.39, 0.29) is 17.7 Å². The van der Waals surface area contributed by atoms with Gasteiger partial charge in [-0.1, -0.05) is 26.0 Å². The van der Waals surface area contributed by atoms with Gasteiger partial charge < -0.3 is 15.4 Å². The van der Waals surface area contributed by atoms with Crippen LogP contribution in [0.2, 0.25) is 0 Å². The third kappa shape index (κ3) is 7.03. The predicted molar refractivity (Wildman–Crippen MR) is 131 cm³/mol. The summed E-state index contributed by atoms with van der Waals surface area (Å²) in [5.41, 5.74) is 2.15. The Morgan fingerprint density at radius 1 is 1.27 bits per heavy atom. The summed E-state index contributed by atoms with van der Waals surface area (Å²) in [6, 6.07) is 3.28. The Kier molecular flexibility index (Phi) is 8.56. The molecule has 8 heteroatoms. The first-order valence-corrected chi connectivity index (χ1v) is 11.0. The largest absolute Gasteiger partial charge is 0.444 e. The van der Waals surface area contributed by atoms with Gasteiger partial charge in [0, 0.05) is 18.8 Å². The number of rotatable bonds is 9. The zero-order valence-electron chi connectivity index (χ0n) is 20.4. The van der Waals surface area contributed by atoms with Crippen LogP contribution in [0.5, 0.6) is 0 Å². The topological polar surface area (TPSA) is 98.1 Å². The van der Waals surface area contributed by atoms with Crippen molar-refractivity contribution in [1.29, 1.82) is 0 Å². The third-order valence-electron chi connectivity index (χ3n) is 4.98. The summed E-state index contributed by atoms with van der Waals surface area (Å²) in [5, 5.41) is 10.2. The Bertz CT molecular complexity index is 1000. The number of carbonyl (C=O) groups is 2. The van der Waals surface area contributed by atoms with Gasteiger partial charge in [-0.3, -0.25) is 14.5 Å². The van der Waals surface area contributed by atoms with E-state index >= 15 is 0 Å². The van der Waals surface area contributed by atoms with Gasteiger partial charge in [-0.05, 0) is 45.2 Å². The lowest BCUT2D eigenvalue weighted by Gasteiger charge is -2.23. The number of ether oxygens (including phenoxy) is 1. The van der Waals surface area contributed by atoms with E-state index in [0.29, 0.717) is 17.8 Å². The Morgan fingerprint density at radius 2 is 1.97 bits per heavy atom. The van der Waals surface area contributed by atoms with Crippen molar-refractivity contribution in [2.45, 2.75) is 52.7 Å². The number of alkyl carbamates (subject to hydrolysis) is 1. The van der Waals surface area contributed by atoms with Crippen molar-refractivity contribution >= 4 is 17.7 Å². The lowest BCUT2D eigenvalue weighted by Crippen LogP contribution is -2.35. The van der Waals surface area contributed by atoms with Crippen LogP contribution in [0.3, 0.4) is 0 Å². The molecule has 0 bridgehead atoms. The van der Waals surface area contributed by atoms with Gasteiger partial charge in [0.1, 0.15) is 5.60 Å². The highest BCUT2D eigenvalue weighted by Crippen LogP contribution is 2.30. The van der Waals surface area contributed by atoms with Gasteiger partial charge >= 0.3 is 6.09 Å². The number of nitrogens with zero attached hydrogens (tertiary/aromatic N) is 3. The summed E-state index contributed by atoms with van der Waals surface area (Å²) in [5.74, 6) is -0.338. The van der Waals surface area contributed by atoms with Crippen LogP contribution in [0.25, 0.3) is 11.3 Å². The first kappa shape index (κ1) is 25.8. The highest BCUT2D eigenvalue weighted by molar-refractivity contribution is 5.97. The highest BCUT2D eigenvalue weighted by atomic mass is 16.6. The van der Waals surface area contributed by atoms with E-state index in [0.717, 1.165) is 11.3 Å². The van der Waals surface area contributed by atoms with Crippen molar-refractivity contribution in [3.05, 3.63) is 55.5 Å². The summed E-state index contributed by atoms with van der Waals surface area (Å²) in [6.45, 7) is 16.9. The van der Waals surface area contributed by atoms with E-state index in [4.69, 9.17) is 4.74 Å². The molecule has 0 saturated heterocycles. The zero-order valence-corrected chi connectivity index (χ0v) is 20.4. The molecule has 8 nitrogen and oxygen atoms in total. The molecule has 2 rings (SSSR count). The fourth-order valence-corrected chi connectivity index (χ4v) is 3.43. The highest BCUT2D eigenvalue weighted by Gasteiger charge is 2.23. The van der Waals surface area contributed by atoms with E-state index < -0.39 is 17.7 Å². The van der Waals surface area contributed by atoms with Crippen molar-refractivity contribution in [2.24, 2.45) is 18.9 Å². The van der Waals surface area contributed by atoms with Crippen LogP contribution in [-0.4, -0.2) is 32.4 Å². The van der Waals surface area contributed by atoms with E-state index in [1.165, 1.54) is 0 Å². The number of pyridine rings is 1. The van der Waals surface area contributed by atoms with Crippen LogP contribution in [0, 0.1) is 11.8 Å². The molecule has 0 saturated carbocycles. The fraction of sp³-hybridized carbons (Fsp3) is 0.440. The molecule has 2 atom stereocenters. The molecular formula is C25H35N5O3. The lowest BCUT2D eigenvalue weighted by molar-refractivity contribution is -0.119. The zero-order chi connectivity index (χ0) is 24.8. The van der Waals surface area contributed by atoms with Crippen molar-refractivity contribution in [3.8, 4) is 11.3 Å². The summed E-state index contributed by atoms with van der Waals surface area (Å²) >= 11 is 0. The van der Waals surface area contributed by atoms with Gasteiger partial charge in [-0.15, -0.1) is 13.2 Å². The van der Waals surface area contributed by atoms with Crippen LogP contribution < -0.4 is 10.6 Å². The molecule has 2 aromatic rings. The van der Waals surface area contributed by atoms with E-state index in [1.54, 1.807) is 36.3 Å².